The average Bonchev–Trinajstić information content (AvgIpc) is 1.41. The number of hydrogen-bond acceptors (Lipinski definition) is 12. The largest absolute Gasteiger partial charge is 2.00 e. The smallest absolute Gasteiger partial charge is 0.222 e. The molecule has 17 heteroatoms. The maximum Gasteiger partial charge on any atom is 2.00 e. The first kappa shape index (κ1) is 32.1. The number of rotatable bonds is 0. The van der Waals surface area contributed by atoms with Crippen LogP contribution in [0.25, 0.3) is 0 Å². The fourth-order valence-electron chi connectivity index (χ4n) is 0. The molecule has 0 N–H and O–H groups in total. The van der Waals surface area contributed by atoms with E-state index in [0.717, 1.165) is 0 Å². The second kappa shape index (κ2) is 13.9. The van der Waals surface area contributed by atoms with Crippen molar-refractivity contribution in [3.63, 3.8) is 0 Å². The molecule has 0 saturated heterocycles. The Balaban J connectivity index is -0.0000000400. The van der Waals surface area contributed by atoms with Crippen molar-refractivity contribution in [2.75, 3.05) is 0 Å². The van der Waals surface area contributed by atoms with Crippen LogP contribution in [0.2, 0.25) is 0 Å². The van der Waals surface area contributed by atoms with Gasteiger partial charge in [-0.2, -0.15) is 0 Å². The molecule has 0 amide bonds. The van der Waals surface area contributed by atoms with Crippen LogP contribution in [-0.4, -0.2) is 48.9 Å². The Bertz CT molecular complexity index is 96.8. The van der Waals surface area contributed by atoms with Crippen LogP contribution < -0.4 is 85.5 Å². The van der Waals surface area contributed by atoms with Crippen LogP contribution in [0.1, 0.15) is 0 Å². The van der Waals surface area contributed by atoms with E-state index < -0.39 is 30.7 Å². The predicted molar refractivity (Wildman–Crippen MR) is 5.75 cm³/mol. The van der Waals surface area contributed by atoms with Gasteiger partial charge in [-0.25, -0.2) is 55.9 Å². The molecule has 0 aromatic carbocycles. The molecule has 0 unspecified atom stereocenters. The molecule has 0 aromatic rings. The molecular weight excluding hydrogens is 459 g/mol. The van der Waals surface area contributed by atoms with Crippen LogP contribution in [0.3, 0.4) is 0 Å². The third-order valence-corrected chi connectivity index (χ3v) is 0. The van der Waals surface area contributed by atoms with Crippen molar-refractivity contribution in [2.24, 2.45) is 0 Å². The molecule has 0 spiro atoms. The first-order valence-electron chi connectivity index (χ1n) is 1.85. The topological polar surface area (TPSA) is 277 Å². The molecule has 0 rings (SSSR count). The van der Waals surface area contributed by atoms with Gasteiger partial charge in [-0.1, -0.05) is 0 Å². The predicted octanol–water partition coefficient (Wildman–Crippen LogP) is -17.6. The van der Waals surface area contributed by atoms with Gasteiger partial charge < -0.3 is 0 Å². The summed E-state index contributed by atoms with van der Waals surface area (Å²) in [6.07, 6.45) is 0. The second-order valence-corrected chi connectivity index (χ2v) is 3.40. The van der Waals surface area contributed by atoms with E-state index in [-0.39, 0.29) is 78.4 Å². The Labute approximate surface area is 162 Å². The Hall–Kier alpha value is 2.96. The molecule has 0 bridgehead atoms. The fraction of sp³-hybridized carbons (Fsp3) is 0. The van der Waals surface area contributed by atoms with Crippen LogP contribution in [0.5, 0.6) is 0 Å². The summed E-state index contributed by atoms with van der Waals surface area (Å²) in [6.45, 7) is 0. The Morgan fingerprint density at radius 1 is 0.353 bits per heavy atom. The zero-order chi connectivity index (χ0) is 13.5. The summed E-state index contributed by atoms with van der Waals surface area (Å²) in [4.78, 5) is 0. The van der Waals surface area contributed by atoms with Crippen molar-refractivity contribution >= 4 is 48.9 Å². The van der Waals surface area contributed by atoms with Crippen molar-refractivity contribution in [1.29, 1.82) is 0 Å². The van der Waals surface area contributed by atoms with Gasteiger partial charge in [0.2, 0.25) is 0 Å². The molecule has 0 heterocycles. The van der Waals surface area contributed by atoms with E-state index in [4.69, 9.17) is 55.9 Å². The van der Waals surface area contributed by atoms with E-state index in [1.165, 1.54) is 0 Å². The average molecular weight is 459 g/mol. The normalized spacial score (nSPS) is 10.6. The van der Waals surface area contributed by atoms with Gasteiger partial charge in [0.15, 0.2) is 0 Å². The molecule has 0 aliphatic carbocycles. The first-order chi connectivity index (χ1) is 6.00. The first-order valence-corrected chi connectivity index (χ1v) is 5.55. The monoisotopic (exact) mass is 458 g/mol. The summed E-state index contributed by atoms with van der Waals surface area (Å²) < 4.78 is 102. The summed E-state index contributed by atoms with van der Waals surface area (Å²) in [7, 11) is -14.8. The van der Waals surface area contributed by atoms with Gasteiger partial charge in [0.1, 0.15) is 0 Å². The van der Waals surface area contributed by atoms with Crippen LogP contribution >= 0.6 is 0 Å². The summed E-state index contributed by atoms with van der Waals surface area (Å²) in [6, 6.07) is 0. The standard InChI is InChI=1S/Ba.3ClHO4.Na/c;3*2-1(3,4)5;/h;3*(H,2,3,4,5);/q+2;;;;+1/p-3. The van der Waals surface area contributed by atoms with E-state index in [9.17, 15) is 0 Å². The van der Waals surface area contributed by atoms with Crippen molar-refractivity contribution in [1.82, 2.24) is 0 Å². The Morgan fingerprint density at radius 3 is 0.353 bits per heavy atom. The minimum absolute atomic E-state index is 0. The molecule has 96 valence electrons. The molecule has 12 nitrogen and oxygen atoms in total. The maximum absolute atomic E-state index is 8.49. The van der Waals surface area contributed by atoms with Gasteiger partial charge >= 0.3 is 78.4 Å². The molecule has 0 fully saturated rings. The van der Waals surface area contributed by atoms with E-state index in [1.807, 2.05) is 0 Å². The molecule has 0 radical (unpaired) electrons. The van der Waals surface area contributed by atoms with Crippen molar-refractivity contribution < 1.29 is 116 Å². The van der Waals surface area contributed by atoms with Gasteiger partial charge in [0.25, 0.3) is 0 Å². The minimum Gasteiger partial charge on any atom is -0.222 e. The number of hydrogen-bond donors (Lipinski definition) is 0. The van der Waals surface area contributed by atoms with E-state index in [1.54, 1.807) is 0 Å². The van der Waals surface area contributed by atoms with E-state index in [0.29, 0.717) is 0 Å². The molecule has 0 atom stereocenters. The summed E-state index contributed by atoms with van der Waals surface area (Å²) >= 11 is 0. The molecule has 17 heavy (non-hydrogen) atoms. The van der Waals surface area contributed by atoms with Gasteiger partial charge in [0, 0.05) is 0 Å². The van der Waals surface area contributed by atoms with Gasteiger partial charge in [-0.3, -0.25) is 0 Å². The zero-order valence-electron chi connectivity index (χ0n) is 7.74. The van der Waals surface area contributed by atoms with E-state index in [2.05, 4.69) is 0 Å². The zero-order valence-corrected chi connectivity index (χ0v) is 16.4. The minimum atomic E-state index is -4.94. The van der Waals surface area contributed by atoms with Gasteiger partial charge in [-0.15, -0.1) is 30.7 Å². The van der Waals surface area contributed by atoms with Crippen molar-refractivity contribution in [3.8, 4) is 0 Å². The molecular formula is BaCl3NaO12. The Morgan fingerprint density at radius 2 is 0.353 bits per heavy atom. The van der Waals surface area contributed by atoms with E-state index >= 15 is 0 Å². The molecule has 0 aromatic heterocycles. The van der Waals surface area contributed by atoms with Crippen molar-refractivity contribution in [2.45, 2.75) is 0 Å². The Kier molecular flexibility index (Phi) is 26.3. The van der Waals surface area contributed by atoms with Crippen LogP contribution in [0, 0.1) is 30.7 Å². The van der Waals surface area contributed by atoms with Crippen LogP contribution in [0.15, 0.2) is 0 Å². The molecule has 0 aliphatic rings. The molecule has 0 aliphatic heterocycles. The second-order valence-electron chi connectivity index (χ2n) is 1.13. The molecule has 0 saturated carbocycles. The van der Waals surface area contributed by atoms with Gasteiger partial charge in [0.05, 0.1) is 0 Å². The summed E-state index contributed by atoms with van der Waals surface area (Å²) in [5.74, 6) is 0. The van der Waals surface area contributed by atoms with Crippen LogP contribution in [0.4, 0.5) is 0 Å². The quantitative estimate of drug-likeness (QED) is 0.306. The SMILES string of the molecule is [Ba+2].[Na+].[O-][Cl+3]([O-])([O-])[O-].[O-][Cl+3]([O-])([O-])[O-].[O-][Cl+3]([O-])([O-])[O-]. The van der Waals surface area contributed by atoms with Crippen LogP contribution in [-0.2, 0) is 0 Å². The van der Waals surface area contributed by atoms with Gasteiger partial charge in [-0.05, 0) is 0 Å². The summed E-state index contributed by atoms with van der Waals surface area (Å²) in [5, 5.41) is 0. The van der Waals surface area contributed by atoms with Crippen molar-refractivity contribution in [3.05, 3.63) is 0 Å². The summed E-state index contributed by atoms with van der Waals surface area (Å²) in [5.41, 5.74) is 0. The number of halogens is 3. The fourth-order valence-corrected chi connectivity index (χ4v) is 0. The third kappa shape index (κ3) is 622. The third-order valence-electron chi connectivity index (χ3n) is 0. The maximum atomic E-state index is 8.49.